The smallest absolute Gasteiger partial charge is 0.0587 e. The van der Waals surface area contributed by atoms with E-state index in [1.807, 2.05) is 0 Å². The first kappa shape index (κ1) is 16.3. The Bertz CT molecular complexity index is 383. The Kier molecular flexibility index (Phi) is 7.04. The molecule has 2 rings (SSSR count). The number of piperidine rings is 1. The van der Waals surface area contributed by atoms with Crippen molar-refractivity contribution in [3.05, 3.63) is 29.8 Å². The van der Waals surface area contributed by atoms with Gasteiger partial charge in [-0.3, -0.25) is 0 Å². The zero-order chi connectivity index (χ0) is 14.9. The second-order valence-corrected chi connectivity index (χ2v) is 6.06. The second kappa shape index (κ2) is 9.06. The van der Waals surface area contributed by atoms with Crippen LogP contribution in [0.3, 0.4) is 0 Å². The average Bonchev–Trinajstić information content (AvgIpc) is 2.53. The van der Waals surface area contributed by atoms with Crippen molar-refractivity contribution in [2.75, 3.05) is 38.3 Å². The molecule has 1 aromatic carbocycles. The van der Waals surface area contributed by atoms with Gasteiger partial charge in [-0.2, -0.15) is 0 Å². The summed E-state index contributed by atoms with van der Waals surface area (Å²) < 4.78 is 5.03. The van der Waals surface area contributed by atoms with Gasteiger partial charge in [-0.15, -0.1) is 0 Å². The summed E-state index contributed by atoms with van der Waals surface area (Å²) in [5.74, 6) is 0.954. The largest absolute Gasteiger partial charge is 0.383 e. The minimum absolute atomic E-state index is 0.769. The summed E-state index contributed by atoms with van der Waals surface area (Å²) in [6, 6.07) is 9.03. The van der Waals surface area contributed by atoms with Crippen LogP contribution >= 0.6 is 0 Å². The molecule has 0 amide bonds. The van der Waals surface area contributed by atoms with E-state index in [1.165, 1.54) is 50.0 Å². The first-order valence-corrected chi connectivity index (χ1v) is 8.37. The lowest BCUT2D eigenvalue weighted by molar-refractivity contribution is 0.199. The molecule has 1 N–H and O–H groups in total. The van der Waals surface area contributed by atoms with Crippen molar-refractivity contribution >= 4 is 5.69 Å². The molecule has 3 nitrogen and oxygen atoms in total. The van der Waals surface area contributed by atoms with Crippen molar-refractivity contribution in [2.45, 2.75) is 39.2 Å². The number of hydrogen-bond donors (Lipinski definition) is 1. The third kappa shape index (κ3) is 5.33. The van der Waals surface area contributed by atoms with E-state index in [4.69, 9.17) is 4.74 Å². The van der Waals surface area contributed by atoms with Gasteiger partial charge in [0.1, 0.15) is 0 Å². The molecule has 0 aliphatic carbocycles. The minimum atomic E-state index is 0.769. The lowest BCUT2D eigenvalue weighted by atomic mass is 9.92. The van der Waals surface area contributed by atoms with Crippen molar-refractivity contribution in [3.63, 3.8) is 0 Å². The number of anilines is 1. The van der Waals surface area contributed by atoms with E-state index in [2.05, 4.69) is 41.4 Å². The Morgan fingerprint density at radius 3 is 2.52 bits per heavy atom. The molecule has 3 heteroatoms. The molecule has 1 aromatic rings. The Hall–Kier alpha value is -1.06. The van der Waals surface area contributed by atoms with Crippen molar-refractivity contribution in [1.29, 1.82) is 0 Å². The van der Waals surface area contributed by atoms with Crippen molar-refractivity contribution in [1.82, 2.24) is 5.32 Å². The van der Waals surface area contributed by atoms with Gasteiger partial charge in [0.15, 0.2) is 0 Å². The van der Waals surface area contributed by atoms with E-state index < -0.39 is 0 Å². The topological polar surface area (TPSA) is 24.5 Å². The molecule has 0 aromatic heterocycles. The molecular weight excluding hydrogens is 260 g/mol. The molecule has 1 fully saturated rings. The molecule has 0 spiro atoms. The molecular formula is C18H30N2O. The van der Waals surface area contributed by atoms with Crippen LogP contribution in [-0.4, -0.2) is 33.4 Å². The number of ether oxygens (including phenoxy) is 1. The molecule has 1 aliphatic rings. The Balaban J connectivity index is 1.77. The molecule has 118 valence electrons. The highest BCUT2D eigenvalue weighted by atomic mass is 16.5. The van der Waals surface area contributed by atoms with Crippen LogP contribution in [0, 0.1) is 5.92 Å². The van der Waals surface area contributed by atoms with Crippen LogP contribution in [0.15, 0.2) is 24.3 Å². The molecule has 0 unspecified atom stereocenters. The van der Waals surface area contributed by atoms with E-state index in [-0.39, 0.29) is 0 Å². The van der Waals surface area contributed by atoms with Gasteiger partial charge < -0.3 is 15.0 Å². The fourth-order valence-electron chi connectivity index (χ4n) is 3.12. The van der Waals surface area contributed by atoms with E-state index in [9.17, 15) is 0 Å². The highest BCUT2D eigenvalue weighted by Gasteiger charge is 2.18. The van der Waals surface area contributed by atoms with Gasteiger partial charge in [0, 0.05) is 39.0 Å². The number of methoxy groups -OCH3 is 1. The highest BCUT2D eigenvalue weighted by Crippen LogP contribution is 2.26. The van der Waals surface area contributed by atoms with Gasteiger partial charge in [0.2, 0.25) is 0 Å². The maximum absolute atomic E-state index is 5.03. The fourth-order valence-corrected chi connectivity index (χ4v) is 3.12. The van der Waals surface area contributed by atoms with Gasteiger partial charge in [-0.1, -0.05) is 31.9 Å². The van der Waals surface area contributed by atoms with Crippen LogP contribution in [0.4, 0.5) is 5.69 Å². The second-order valence-electron chi connectivity index (χ2n) is 6.06. The number of nitrogens with zero attached hydrogens (tertiary/aromatic N) is 1. The monoisotopic (exact) mass is 290 g/mol. The summed E-state index contributed by atoms with van der Waals surface area (Å²) in [5, 5.41) is 3.38. The van der Waals surface area contributed by atoms with Crippen molar-refractivity contribution in [2.24, 2.45) is 5.92 Å². The lowest BCUT2D eigenvalue weighted by Gasteiger charge is -2.33. The normalized spacial score (nSPS) is 16.4. The molecule has 1 heterocycles. The number of nitrogens with one attached hydrogen (secondary N) is 1. The summed E-state index contributed by atoms with van der Waals surface area (Å²) in [5.41, 5.74) is 2.72. The van der Waals surface area contributed by atoms with E-state index in [0.29, 0.717) is 0 Å². The Morgan fingerprint density at radius 1 is 1.19 bits per heavy atom. The van der Waals surface area contributed by atoms with Crippen LogP contribution < -0.4 is 10.2 Å². The zero-order valence-electron chi connectivity index (χ0n) is 13.6. The quantitative estimate of drug-likeness (QED) is 0.742. The minimum Gasteiger partial charge on any atom is -0.383 e. The third-order valence-corrected chi connectivity index (χ3v) is 4.43. The first-order valence-electron chi connectivity index (χ1n) is 8.37. The van der Waals surface area contributed by atoms with Crippen LogP contribution in [0.2, 0.25) is 0 Å². The van der Waals surface area contributed by atoms with Gasteiger partial charge >= 0.3 is 0 Å². The maximum atomic E-state index is 5.03. The van der Waals surface area contributed by atoms with Crippen LogP contribution in [0.25, 0.3) is 0 Å². The van der Waals surface area contributed by atoms with E-state index in [0.717, 1.165) is 25.6 Å². The maximum Gasteiger partial charge on any atom is 0.0587 e. The molecule has 0 atom stereocenters. The van der Waals surface area contributed by atoms with Crippen molar-refractivity contribution in [3.8, 4) is 0 Å². The summed E-state index contributed by atoms with van der Waals surface area (Å²) in [6.07, 6.45) is 5.44. The molecule has 1 aliphatic heterocycles. The Labute approximate surface area is 129 Å². The number of rotatable bonds is 8. The van der Waals surface area contributed by atoms with Gasteiger partial charge in [0.25, 0.3) is 0 Å². The highest BCUT2D eigenvalue weighted by molar-refractivity contribution is 5.47. The van der Waals surface area contributed by atoms with Gasteiger partial charge in [-0.05, 0) is 36.5 Å². The van der Waals surface area contributed by atoms with Crippen LogP contribution in [0.5, 0.6) is 0 Å². The zero-order valence-corrected chi connectivity index (χ0v) is 13.6. The predicted molar refractivity (Wildman–Crippen MR) is 89.9 cm³/mol. The number of benzene rings is 1. The SMILES string of the molecule is CCCC1CCN(c2ccc(CNCCOC)cc2)CC1. The summed E-state index contributed by atoms with van der Waals surface area (Å²) in [7, 11) is 1.74. The fraction of sp³-hybridized carbons (Fsp3) is 0.667. The third-order valence-electron chi connectivity index (χ3n) is 4.43. The number of hydrogen-bond acceptors (Lipinski definition) is 3. The van der Waals surface area contributed by atoms with Crippen molar-refractivity contribution < 1.29 is 4.74 Å². The lowest BCUT2D eigenvalue weighted by Crippen LogP contribution is -2.33. The summed E-state index contributed by atoms with van der Waals surface area (Å²) >= 11 is 0. The van der Waals surface area contributed by atoms with Crippen LogP contribution in [-0.2, 0) is 11.3 Å². The molecule has 0 saturated carbocycles. The van der Waals surface area contributed by atoms with Gasteiger partial charge in [-0.25, -0.2) is 0 Å². The standard InChI is InChI=1S/C18H30N2O/c1-3-4-16-9-12-20(13-10-16)18-7-5-17(6-8-18)15-19-11-14-21-2/h5-8,16,19H,3-4,9-15H2,1-2H3. The van der Waals surface area contributed by atoms with E-state index in [1.54, 1.807) is 7.11 Å². The van der Waals surface area contributed by atoms with Gasteiger partial charge in [0.05, 0.1) is 6.61 Å². The molecule has 0 radical (unpaired) electrons. The molecule has 21 heavy (non-hydrogen) atoms. The predicted octanol–water partition coefficient (Wildman–Crippen LogP) is 3.44. The first-order chi connectivity index (χ1) is 10.3. The average molecular weight is 290 g/mol. The van der Waals surface area contributed by atoms with E-state index >= 15 is 0 Å². The summed E-state index contributed by atoms with van der Waals surface area (Å²) in [4.78, 5) is 2.54. The summed E-state index contributed by atoms with van der Waals surface area (Å²) in [6.45, 7) is 7.33. The molecule has 1 saturated heterocycles. The molecule has 0 bridgehead atoms. The van der Waals surface area contributed by atoms with Crippen LogP contribution in [0.1, 0.15) is 38.2 Å². The Morgan fingerprint density at radius 2 is 1.90 bits per heavy atom.